The smallest absolute Gasteiger partial charge is 0.366 e. The van der Waals surface area contributed by atoms with E-state index in [1.165, 1.54) is 56.0 Å². The van der Waals surface area contributed by atoms with Crippen molar-refractivity contribution in [2.24, 2.45) is 17.3 Å². The fourth-order valence-electron chi connectivity index (χ4n) is 4.32. The first-order valence-electron chi connectivity index (χ1n) is 10.3. The van der Waals surface area contributed by atoms with Gasteiger partial charge in [0.25, 0.3) is 0 Å². The summed E-state index contributed by atoms with van der Waals surface area (Å²) in [5, 5.41) is 15.4. The third-order valence-corrected chi connectivity index (χ3v) is 6.43. The maximum absolute atomic E-state index is 4.39. The third kappa shape index (κ3) is 3.93. The average Bonchev–Trinajstić information content (AvgIpc) is 3.14. The molecule has 2 aromatic rings. The van der Waals surface area contributed by atoms with Gasteiger partial charge in [0, 0.05) is 37.0 Å². The third-order valence-electron chi connectivity index (χ3n) is 6.43. The number of hydrogen-bond donors (Lipinski definition) is 1. The number of nitrogens with one attached hydrogen (secondary N) is 1. The van der Waals surface area contributed by atoms with Gasteiger partial charge in [-0.2, -0.15) is 0 Å². The number of azo groups is 1. The highest BCUT2D eigenvalue weighted by molar-refractivity contribution is 5.57. The highest BCUT2D eigenvalue weighted by atomic mass is 15.5. The van der Waals surface area contributed by atoms with Gasteiger partial charge in [0.1, 0.15) is 5.69 Å². The van der Waals surface area contributed by atoms with E-state index in [4.69, 9.17) is 0 Å². The molecule has 8 nitrogen and oxygen atoms in total. The number of hydrogen-bond acceptors (Lipinski definition) is 5. The minimum atomic E-state index is 0.634. The van der Waals surface area contributed by atoms with Crippen molar-refractivity contribution < 1.29 is 9.05 Å². The van der Waals surface area contributed by atoms with Crippen LogP contribution in [0.2, 0.25) is 0 Å². The Labute approximate surface area is 167 Å². The van der Waals surface area contributed by atoms with Crippen LogP contribution in [0.15, 0.2) is 34.8 Å². The van der Waals surface area contributed by atoms with Crippen molar-refractivity contribution in [2.45, 2.75) is 13.8 Å². The lowest BCUT2D eigenvalue weighted by Crippen LogP contribution is -2.68. The molecule has 0 atom stereocenters. The van der Waals surface area contributed by atoms with E-state index in [1.807, 2.05) is 7.05 Å². The molecule has 1 N–H and O–H groups in total. The monoisotopic (exact) mass is 384 g/mol. The SMILES string of the molecule is CCN(CC[N+]12CCN(CC1)CC2)c1ccc(N=Nc2[nH]nc[n+]2C)c(C)c1. The van der Waals surface area contributed by atoms with E-state index in [1.54, 1.807) is 10.9 Å². The van der Waals surface area contributed by atoms with Crippen LogP contribution in [0, 0.1) is 6.92 Å². The number of anilines is 1. The van der Waals surface area contributed by atoms with Gasteiger partial charge in [-0.25, -0.2) is 4.57 Å². The molecule has 3 saturated heterocycles. The molecule has 0 spiro atoms. The summed E-state index contributed by atoms with van der Waals surface area (Å²) in [7, 11) is 1.89. The van der Waals surface area contributed by atoms with Crippen molar-refractivity contribution in [3.8, 4) is 0 Å². The fraction of sp³-hybridized carbons (Fsp3) is 0.600. The molecule has 1 aromatic heterocycles. The van der Waals surface area contributed by atoms with E-state index in [0.29, 0.717) is 5.95 Å². The topological polar surface area (TPSA) is 63.8 Å². The lowest BCUT2D eigenvalue weighted by Gasteiger charge is -2.51. The highest BCUT2D eigenvalue weighted by Crippen LogP contribution is 2.26. The molecule has 0 aliphatic carbocycles. The molecule has 0 unspecified atom stereocenters. The second-order valence-electron chi connectivity index (χ2n) is 8.12. The van der Waals surface area contributed by atoms with E-state index < -0.39 is 0 Å². The first-order chi connectivity index (χ1) is 13.6. The summed E-state index contributed by atoms with van der Waals surface area (Å²) in [6, 6.07) is 6.48. The molecule has 0 saturated carbocycles. The Balaban J connectivity index is 1.43. The molecule has 28 heavy (non-hydrogen) atoms. The first-order valence-corrected chi connectivity index (χ1v) is 10.3. The number of aryl methyl sites for hydroxylation is 2. The molecule has 0 radical (unpaired) electrons. The Morgan fingerprint density at radius 2 is 1.96 bits per heavy atom. The van der Waals surface area contributed by atoms with Gasteiger partial charge in [-0.15, -0.1) is 5.10 Å². The predicted octanol–water partition coefficient (Wildman–Crippen LogP) is 1.93. The molecule has 3 fully saturated rings. The van der Waals surface area contributed by atoms with Crippen molar-refractivity contribution in [2.75, 3.05) is 63.8 Å². The van der Waals surface area contributed by atoms with Crippen LogP contribution in [0.3, 0.4) is 0 Å². The van der Waals surface area contributed by atoms with E-state index >= 15 is 0 Å². The van der Waals surface area contributed by atoms with Crippen molar-refractivity contribution in [1.82, 2.24) is 15.1 Å². The van der Waals surface area contributed by atoms with Crippen LogP contribution in [0.4, 0.5) is 17.3 Å². The lowest BCUT2D eigenvalue weighted by atomic mass is 10.1. The van der Waals surface area contributed by atoms with Gasteiger partial charge >= 0.3 is 5.95 Å². The zero-order valence-corrected chi connectivity index (χ0v) is 17.3. The van der Waals surface area contributed by atoms with Crippen LogP contribution in [0.25, 0.3) is 0 Å². The summed E-state index contributed by atoms with van der Waals surface area (Å²) in [6.45, 7) is 15.5. The summed E-state index contributed by atoms with van der Waals surface area (Å²) in [4.78, 5) is 5.11. The number of piperazine rings is 3. The van der Waals surface area contributed by atoms with Crippen molar-refractivity contribution in [3.05, 3.63) is 30.1 Å². The van der Waals surface area contributed by atoms with E-state index in [-0.39, 0.29) is 0 Å². The second kappa shape index (κ2) is 7.97. The van der Waals surface area contributed by atoms with Crippen LogP contribution < -0.4 is 9.47 Å². The molecule has 1 aromatic carbocycles. The molecular formula is C20H32N8+2. The summed E-state index contributed by atoms with van der Waals surface area (Å²) in [6.07, 6.45) is 1.68. The van der Waals surface area contributed by atoms with E-state index in [2.05, 4.69) is 62.3 Å². The van der Waals surface area contributed by atoms with Crippen molar-refractivity contribution in [1.29, 1.82) is 0 Å². The first kappa shape index (κ1) is 19.0. The fourth-order valence-corrected chi connectivity index (χ4v) is 4.32. The lowest BCUT2D eigenvalue weighted by molar-refractivity contribution is -0.939. The van der Waals surface area contributed by atoms with Crippen LogP contribution in [-0.4, -0.2) is 78.5 Å². The predicted molar refractivity (Wildman–Crippen MR) is 109 cm³/mol. The number of nitrogens with zero attached hydrogens (tertiary/aromatic N) is 7. The maximum Gasteiger partial charge on any atom is 0.401 e. The maximum atomic E-state index is 4.39. The number of likely N-dealkylation sites (N-methyl/N-ethyl adjacent to an activating group) is 1. The van der Waals surface area contributed by atoms with Gasteiger partial charge in [0.05, 0.1) is 39.8 Å². The van der Waals surface area contributed by atoms with Crippen LogP contribution in [-0.2, 0) is 7.05 Å². The summed E-state index contributed by atoms with van der Waals surface area (Å²) in [5.41, 5.74) is 3.31. The Kier molecular flexibility index (Phi) is 5.41. The van der Waals surface area contributed by atoms with E-state index in [0.717, 1.165) is 24.3 Å². The zero-order valence-electron chi connectivity index (χ0n) is 17.3. The number of H-pyrrole nitrogens is 1. The molecule has 5 rings (SSSR count). The van der Waals surface area contributed by atoms with Gasteiger partial charge in [-0.1, -0.05) is 5.11 Å². The number of aromatic nitrogens is 3. The summed E-state index contributed by atoms with van der Waals surface area (Å²) in [5.74, 6) is 0.634. The van der Waals surface area contributed by atoms with Crippen LogP contribution in [0.1, 0.15) is 12.5 Å². The highest BCUT2D eigenvalue weighted by Gasteiger charge is 2.38. The Morgan fingerprint density at radius 3 is 2.57 bits per heavy atom. The summed E-state index contributed by atoms with van der Waals surface area (Å²) < 4.78 is 3.11. The molecule has 8 heteroatoms. The number of rotatable bonds is 7. The zero-order chi connectivity index (χ0) is 19.6. The number of benzene rings is 1. The largest absolute Gasteiger partial charge is 0.401 e. The van der Waals surface area contributed by atoms with Crippen LogP contribution in [0.5, 0.6) is 0 Å². The molecule has 0 amide bonds. The Hall–Kier alpha value is -2.32. The molecule has 150 valence electrons. The standard InChI is InChI=1S/C20H31N8/c1-4-27(10-14-28-11-7-26(8-12-28)9-13-28)18-5-6-19(17(2)15-18)22-24-20-23-21-16-25(20)3/h5-6,15-16H,4,7-14H2,1-3H3/q+1/p+1. The molecule has 3 aliphatic heterocycles. The van der Waals surface area contributed by atoms with Gasteiger partial charge in [0.15, 0.2) is 0 Å². The number of fused-ring (bicyclic) bond motifs is 3. The molecule has 4 heterocycles. The molecular weight excluding hydrogens is 352 g/mol. The minimum Gasteiger partial charge on any atom is -0.366 e. The second-order valence-corrected chi connectivity index (χ2v) is 8.12. The van der Waals surface area contributed by atoms with Crippen molar-refractivity contribution >= 4 is 17.3 Å². The van der Waals surface area contributed by atoms with Gasteiger partial charge < -0.3 is 9.38 Å². The van der Waals surface area contributed by atoms with E-state index in [9.17, 15) is 0 Å². The van der Waals surface area contributed by atoms with Crippen LogP contribution >= 0.6 is 0 Å². The Bertz CT molecular complexity index is 821. The van der Waals surface area contributed by atoms with Gasteiger partial charge in [-0.05, 0) is 42.7 Å². The van der Waals surface area contributed by atoms with Gasteiger partial charge in [-0.3, -0.25) is 4.90 Å². The van der Waals surface area contributed by atoms with Gasteiger partial charge in [0.2, 0.25) is 6.33 Å². The summed E-state index contributed by atoms with van der Waals surface area (Å²) >= 11 is 0. The number of aromatic amines is 1. The Morgan fingerprint density at radius 1 is 1.21 bits per heavy atom. The quantitative estimate of drug-likeness (QED) is 0.451. The van der Waals surface area contributed by atoms with Crippen molar-refractivity contribution in [3.63, 3.8) is 0 Å². The average molecular weight is 385 g/mol. The normalized spacial score (nSPS) is 24.2. The minimum absolute atomic E-state index is 0.634. The molecule has 2 bridgehead atoms. The molecule has 3 aliphatic rings. The number of quaternary nitrogens is 1.